The maximum absolute atomic E-state index is 12.0. The number of aryl methyl sites for hydroxylation is 1. The highest BCUT2D eigenvalue weighted by Gasteiger charge is 2.56. The van der Waals surface area contributed by atoms with Crippen molar-refractivity contribution in [1.29, 1.82) is 0 Å². The van der Waals surface area contributed by atoms with E-state index in [0.717, 1.165) is 16.5 Å². The molecule has 1 saturated heterocycles. The van der Waals surface area contributed by atoms with Crippen LogP contribution in [0.25, 0.3) is 10.9 Å². The number of rotatable bonds is 3. The standard InChI is InChI=1S/C17H22N2O3/c1-11-5-6-14-13(9-11)12(10-18-14)7-8-19-15(20)22-16(2,3)17(19,4)21/h5-6,9-10,18,21H,7-8H2,1-4H3. The van der Waals surface area contributed by atoms with E-state index in [2.05, 4.69) is 30.1 Å². The monoisotopic (exact) mass is 302 g/mol. The lowest BCUT2D eigenvalue weighted by Crippen LogP contribution is -2.54. The van der Waals surface area contributed by atoms with Gasteiger partial charge in [0, 0.05) is 23.6 Å². The van der Waals surface area contributed by atoms with Crippen molar-refractivity contribution >= 4 is 17.0 Å². The molecule has 2 N–H and O–H groups in total. The van der Waals surface area contributed by atoms with Crippen LogP contribution in [0.4, 0.5) is 4.79 Å². The molecule has 5 heteroatoms. The summed E-state index contributed by atoms with van der Waals surface area (Å²) in [6.07, 6.45) is 2.15. The zero-order valence-electron chi connectivity index (χ0n) is 13.4. The second kappa shape index (κ2) is 4.74. The van der Waals surface area contributed by atoms with Crippen molar-refractivity contribution < 1.29 is 14.6 Å². The lowest BCUT2D eigenvalue weighted by Gasteiger charge is -2.34. The van der Waals surface area contributed by atoms with Crippen molar-refractivity contribution in [1.82, 2.24) is 9.88 Å². The van der Waals surface area contributed by atoms with Crippen molar-refractivity contribution in [2.75, 3.05) is 6.54 Å². The molecule has 1 fully saturated rings. The predicted molar refractivity (Wildman–Crippen MR) is 84.6 cm³/mol. The van der Waals surface area contributed by atoms with Crippen LogP contribution in [0.3, 0.4) is 0 Å². The van der Waals surface area contributed by atoms with Crippen LogP contribution in [0.2, 0.25) is 0 Å². The Morgan fingerprint density at radius 1 is 1.32 bits per heavy atom. The number of aromatic nitrogens is 1. The molecule has 22 heavy (non-hydrogen) atoms. The summed E-state index contributed by atoms with van der Waals surface area (Å²) in [5, 5.41) is 11.8. The van der Waals surface area contributed by atoms with Gasteiger partial charge in [-0.2, -0.15) is 0 Å². The van der Waals surface area contributed by atoms with Crippen LogP contribution >= 0.6 is 0 Å². The Morgan fingerprint density at radius 2 is 2.05 bits per heavy atom. The molecular formula is C17H22N2O3. The number of hydrogen-bond acceptors (Lipinski definition) is 3. The summed E-state index contributed by atoms with van der Waals surface area (Å²) in [6, 6.07) is 6.25. The quantitative estimate of drug-likeness (QED) is 0.916. The number of amides is 1. The second-order valence-electron chi connectivity index (χ2n) is 6.66. The van der Waals surface area contributed by atoms with Crippen LogP contribution in [-0.4, -0.2) is 39.0 Å². The van der Waals surface area contributed by atoms with Gasteiger partial charge in [-0.3, -0.25) is 4.90 Å². The SMILES string of the molecule is Cc1ccc2[nH]cc(CCN3C(=O)OC(C)(C)C3(C)O)c2c1. The minimum atomic E-state index is -1.31. The summed E-state index contributed by atoms with van der Waals surface area (Å²) in [5.74, 6) is 0. The van der Waals surface area contributed by atoms with E-state index in [1.54, 1.807) is 20.8 Å². The van der Waals surface area contributed by atoms with Crippen LogP contribution in [0.15, 0.2) is 24.4 Å². The van der Waals surface area contributed by atoms with E-state index in [1.807, 2.05) is 6.20 Å². The average molecular weight is 302 g/mol. The molecular weight excluding hydrogens is 280 g/mol. The van der Waals surface area contributed by atoms with E-state index in [9.17, 15) is 9.90 Å². The molecule has 2 aromatic rings. The van der Waals surface area contributed by atoms with Gasteiger partial charge < -0.3 is 14.8 Å². The van der Waals surface area contributed by atoms with E-state index in [4.69, 9.17) is 4.74 Å². The number of ether oxygens (including phenoxy) is 1. The number of cyclic esters (lactones) is 1. The molecule has 0 radical (unpaired) electrons. The average Bonchev–Trinajstić information content (AvgIpc) is 2.86. The topological polar surface area (TPSA) is 65.6 Å². The molecule has 1 unspecified atom stereocenters. The van der Waals surface area contributed by atoms with Crippen molar-refractivity contribution in [2.45, 2.75) is 45.4 Å². The lowest BCUT2D eigenvalue weighted by molar-refractivity contribution is -0.126. The first-order chi connectivity index (χ1) is 10.2. The molecule has 1 atom stereocenters. The molecule has 0 bridgehead atoms. The molecule has 0 spiro atoms. The highest BCUT2D eigenvalue weighted by molar-refractivity contribution is 5.84. The van der Waals surface area contributed by atoms with Crippen LogP contribution < -0.4 is 0 Å². The van der Waals surface area contributed by atoms with Crippen LogP contribution in [-0.2, 0) is 11.2 Å². The highest BCUT2D eigenvalue weighted by Crippen LogP contribution is 2.37. The van der Waals surface area contributed by atoms with Crippen molar-refractivity contribution in [3.8, 4) is 0 Å². The minimum absolute atomic E-state index is 0.413. The number of nitrogens with one attached hydrogen (secondary N) is 1. The van der Waals surface area contributed by atoms with Gasteiger partial charge >= 0.3 is 6.09 Å². The van der Waals surface area contributed by atoms with E-state index < -0.39 is 17.4 Å². The minimum Gasteiger partial charge on any atom is -0.438 e. The van der Waals surface area contributed by atoms with E-state index in [1.165, 1.54) is 10.5 Å². The van der Waals surface area contributed by atoms with Gasteiger partial charge in [-0.1, -0.05) is 11.6 Å². The van der Waals surface area contributed by atoms with Gasteiger partial charge in [-0.15, -0.1) is 0 Å². The van der Waals surface area contributed by atoms with E-state index in [-0.39, 0.29) is 0 Å². The maximum Gasteiger partial charge on any atom is 0.412 e. The molecule has 0 saturated carbocycles. The molecule has 1 amide bonds. The van der Waals surface area contributed by atoms with E-state index in [0.29, 0.717) is 13.0 Å². The Morgan fingerprint density at radius 3 is 2.68 bits per heavy atom. The fourth-order valence-corrected chi connectivity index (χ4v) is 2.91. The first-order valence-electron chi connectivity index (χ1n) is 7.52. The number of nitrogens with zero attached hydrogens (tertiary/aromatic N) is 1. The van der Waals surface area contributed by atoms with Gasteiger partial charge in [0.25, 0.3) is 0 Å². The number of hydrogen-bond donors (Lipinski definition) is 2. The van der Waals surface area contributed by atoms with Crippen LogP contribution in [0, 0.1) is 6.92 Å². The zero-order valence-corrected chi connectivity index (χ0v) is 13.4. The Balaban J connectivity index is 1.82. The van der Waals surface area contributed by atoms with Crippen LogP contribution in [0.5, 0.6) is 0 Å². The molecule has 0 aliphatic carbocycles. The fraction of sp³-hybridized carbons (Fsp3) is 0.471. The van der Waals surface area contributed by atoms with E-state index >= 15 is 0 Å². The Labute approximate surface area is 129 Å². The first kappa shape index (κ1) is 14.9. The highest BCUT2D eigenvalue weighted by atomic mass is 16.6. The van der Waals surface area contributed by atoms with Crippen LogP contribution in [0.1, 0.15) is 31.9 Å². The number of aromatic amines is 1. The smallest absolute Gasteiger partial charge is 0.412 e. The predicted octanol–water partition coefficient (Wildman–Crippen LogP) is 2.96. The van der Waals surface area contributed by atoms with Crippen molar-refractivity contribution in [3.63, 3.8) is 0 Å². The molecule has 1 aromatic heterocycles. The van der Waals surface area contributed by atoms with Gasteiger partial charge in [0.05, 0.1) is 0 Å². The maximum atomic E-state index is 12.0. The van der Waals surface area contributed by atoms with Gasteiger partial charge in [-0.05, 0) is 51.8 Å². The number of fused-ring (bicyclic) bond motifs is 1. The Kier molecular flexibility index (Phi) is 3.22. The van der Waals surface area contributed by atoms with Gasteiger partial charge in [0.2, 0.25) is 0 Å². The number of benzene rings is 1. The summed E-state index contributed by atoms with van der Waals surface area (Å²) in [6.45, 7) is 7.54. The Hall–Kier alpha value is -2.01. The zero-order chi connectivity index (χ0) is 16.1. The molecule has 1 aliphatic heterocycles. The molecule has 1 aromatic carbocycles. The largest absolute Gasteiger partial charge is 0.438 e. The van der Waals surface area contributed by atoms with Crippen molar-refractivity contribution in [2.24, 2.45) is 0 Å². The molecule has 2 heterocycles. The molecule has 3 rings (SSSR count). The number of aliphatic hydroxyl groups is 1. The molecule has 5 nitrogen and oxygen atoms in total. The van der Waals surface area contributed by atoms with Gasteiger partial charge in [-0.25, -0.2) is 4.79 Å². The fourth-order valence-electron chi connectivity index (χ4n) is 2.91. The summed E-state index contributed by atoms with van der Waals surface area (Å²) >= 11 is 0. The van der Waals surface area contributed by atoms with Gasteiger partial charge in [0.1, 0.15) is 0 Å². The summed E-state index contributed by atoms with van der Waals surface area (Å²) < 4.78 is 5.28. The second-order valence-corrected chi connectivity index (χ2v) is 6.66. The Bertz CT molecular complexity index is 731. The third-order valence-corrected chi connectivity index (χ3v) is 4.76. The van der Waals surface area contributed by atoms with Gasteiger partial charge in [0.15, 0.2) is 11.3 Å². The third kappa shape index (κ3) is 2.16. The molecule has 1 aliphatic rings. The summed E-state index contributed by atoms with van der Waals surface area (Å²) in [4.78, 5) is 16.7. The van der Waals surface area contributed by atoms with Crippen molar-refractivity contribution in [3.05, 3.63) is 35.5 Å². The first-order valence-corrected chi connectivity index (χ1v) is 7.52. The third-order valence-electron chi connectivity index (χ3n) is 4.76. The molecule has 118 valence electrons. The number of carbonyl (C=O) groups is 1. The number of carbonyl (C=O) groups excluding carboxylic acids is 1. The summed E-state index contributed by atoms with van der Waals surface area (Å²) in [7, 11) is 0. The summed E-state index contributed by atoms with van der Waals surface area (Å²) in [5.41, 5.74) is 1.18. The lowest BCUT2D eigenvalue weighted by atomic mass is 9.95. The number of H-pyrrole nitrogens is 1. The normalized spacial score (nSPS) is 24.0.